The minimum Gasteiger partial charge on any atom is -0.399 e. The minimum absolute atomic E-state index is 0.179. The molecule has 0 fully saturated rings. The van der Waals surface area contributed by atoms with Gasteiger partial charge in [-0.15, -0.1) is 0 Å². The highest BCUT2D eigenvalue weighted by Crippen LogP contribution is 2.10. The molecule has 0 aliphatic heterocycles. The molecule has 0 aliphatic carbocycles. The molecular weight excluding hydrogens is 218 g/mol. The molecular formula is C11H13N5O. The van der Waals surface area contributed by atoms with Crippen molar-refractivity contribution in [2.24, 2.45) is 0 Å². The van der Waals surface area contributed by atoms with E-state index in [2.05, 4.69) is 15.4 Å². The third kappa shape index (κ3) is 2.60. The number of hydrogen-bond acceptors (Lipinski definition) is 4. The van der Waals surface area contributed by atoms with Gasteiger partial charge < -0.3 is 10.6 Å². The van der Waals surface area contributed by atoms with Crippen molar-refractivity contribution in [3.05, 3.63) is 41.7 Å². The zero-order valence-electron chi connectivity index (χ0n) is 9.42. The topological polar surface area (TPSA) is 87.9 Å². The van der Waals surface area contributed by atoms with Crippen molar-refractivity contribution in [2.75, 3.05) is 12.8 Å². The maximum atomic E-state index is 11.9. The number of benzene rings is 1. The van der Waals surface area contributed by atoms with Crippen LogP contribution in [0.4, 0.5) is 5.69 Å². The molecule has 17 heavy (non-hydrogen) atoms. The van der Waals surface area contributed by atoms with Crippen molar-refractivity contribution in [3.63, 3.8) is 0 Å². The summed E-state index contributed by atoms with van der Waals surface area (Å²) in [6, 6.07) is 7.43. The lowest BCUT2D eigenvalue weighted by molar-refractivity contribution is 0.0779. The van der Waals surface area contributed by atoms with Gasteiger partial charge in [0.05, 0.1) is 6.20 Å². The van der Waals surface area contributed by atoms with Gasteiger partial charge in [-0.1, -0.05) is 12.1 Å². The maximum absolute atomic E-state index is 11.9. The summed E-state index contributed by atoms with van der Waals surface area (Å²) in [5.41, 5.74) is 7.64. The second kappa shape index (κ2) is 4.65. The number of hydrogen-bond donors (Lipinski definition) is 2. The molecule has 6 heteroatoms. The zero-order chi connectivity index (χ0) is 12.3. The van der Waals surface area contributed by atoms with E-state index in [0.29, 0.717) is 17.9 Å². The Hall–Kier alpha value is -2.37. The number of aromatic amines is 1. The van der Waals surface area contributed by atoms with Crippen LogP contribution >= 0.6 is 0 Å². The van der Waals surface area contributed by atoms with E-state index >= 15 is 0 Å². The van der Waals surface area contributed by atoms with Crippen molar-refractivity contribution in [1.29, 1.82) is 0 Å². The highest BCUT2D eigenvalue weighted by molar-refractivity contribution is 5.91. The van der Waals surface area contributed by atoms with Crippen molar-refractivity contribution in [3.8, 4) is 0 Å². The fraction of sp³-hybridized carbons (Fsp3) is 0.182. The molecule has 0 aliphatic rings. The second-order valence-corrected chi connectivity index (χ2v) is 3.76. The molecule has 6 nitrogen and oxygen atoms in total. The van der Waals surface area contributed by atoms with Gasteiger partial charge in [0.1, 0.15) is 0 Å². The first-order chi connectivity index (χ1) is 8.16. The van der Waals surface area contributed by atoms with Gasteiger partial charge in [0.25, 0.3) is 5.91 Å². The highest BCUT2D eigenvalue weighted by atomic mass is 16.2. The molecule has 1 aromatic heterocycles. The van der Waals surface area contributed by atoms with Crippen LogP contribution in [-0.4, -0.2) is 33.3 Å². The number of carbonyl (C=O) groups is 1. The summed E-state index contributed by atoms with van der Waals surface area (Å²) in [6.07, 6.45) is 1.40. The second-order valence-electron chi connectivity index (χ2n) is 3.76. The lowest BCUT2D eigenvalue weighted by atomic mass is 10.2. The summed E-state index contributed by atoms with van der Waals surface area (Å²) in [7, 11) is 1.71. The fourth-order valence-corrected chi connectivity index (χ4v) is 1.54. The van der Waals surface area contributed by atoms with Crippen LogP contribution in [-0.2, 0) is 6.54 Å². The summed E-state index contributed by atoms with van der Waals surface area (Å²) in [5.74, 6) is -0.179. The van der Waals surface area contributed by atoms with Crippen LogP contribution in [0.2, 0.25) is 0 Å². The molecule has 1 aromatic carbocycles. The van der Waals surface area contributed by atoms with Crippen LogP contribution < -0.4 is 5.73 Å². The van der Waals surface area contributed by atoms with E-state index in [1.54, 1.807) is 11.9 Å². The normalized spacial score (nSPS) is 10.2. The first kappa shape index (κ1) is 11.1. The smallest absolute Gasteiger partial charge is 0.276 e. The third-order valence-electron chi connectivity index (χ3n) is 2.35. The molecule has 3 N–H and O–H groups in total. The van der Waals surface area contributed by atoms with Gasteiger partial charge in [-0.25, -0.2) is 0 Å². The first-order valence-corrected chi connectivity index (χ1v) is 5.12. The molecule has 0 atom stereocenters. The number of anilines is 1. The standard InChI is InChI=1S/C11H13N5O/c1-16(11(17)10-6-13-15-14-10)7-8-3-2-4-9(12)5-8/h2-6H,7,12H2,1H3,(H,13,14,15). The molecule has 88 valence electrons. The molecule has 2 aromatic rings. The Morgan fingerprint density at radius 1 is 1.53 bits per heavy atom. The van der Waals surface area contributed by atoms with Crippen molar-refractivity contribution < 1.29 is 4.79 Å². The van der Waals surface area contributed by atoms with Gasteiger partial charge in [0, 0.05) is 19.3 Å². The zero-order valence-corrected chi connectivity index (χ0v) is 9.42. The van der Waals surface area contributed by atoms with Gasteiger partial charge in [-0.2, -0.15) is 15.4 Å². The number of carbonyl (C=O) groups excluding carboxylic acids is 1. The minimum atomic E-state index is -0.179. The van der Waals surface area contributed by atoms with E-state index in [0.717, 1.165) is 5.56 Å². The maximum Gasteiger partial charge on any atom is 0.276 e. The lowest BCUT2D eigenvalue weighted by Gasteiger charge is -2.15. The molecule has 0 bridgehead atoms. The number of nitrogen functional groups attached to an aromatic ring is 1. The van der Waals surface area contributed by atoms with E-state index in [4.69, 9.17) is 5.73 Å². The van der Waals surface area contributed by atoms with Crippen LogP contribution in [0.3, 0.4) is 0 Å². The third-order valence-corrected chi connectivity index (χ3v) is 2.35. The molecule has 0 saturated heterocycles. The Morgan fingerprint density at radius 3 is 3.00 bits per heavy atom. The molecule has 1 heterocycles. The fourth-order valence-electron chi connectivity index (χ4n) is 1.54. The number of amides is 1. The molecule has 1 amide bonds. The average molecular weight is 231 g/mol. The summed E-state index contributed by atoms with van der Waals surface area (Å²) in [6.45, 7) is 0.483. The van der Waals surface area contributed by atoms with Gasteiger partial charge in [0.2, 0.25) is 0 Å². The predicted octanol–water partition coefficient (Wildman–Crippen LogP) is 0.659. The van der Waals surface area contributed by atoms with E-state index in [-0.39, 0.29) is 5.91 Å². The van der Waals surface area contributed by atoms with Gasteiger partial charge >= 0.3 is 0 Å². The van der Waals surface area contributed by atoms with Crippen LogP contribution in [0.15, 0.2) is 30.5 Å². The molecule has 0 radical (unpaired) electrons. The SMILES string of the molecule is CN(Cc1cccc(N)c1)C(=O)c1cn[nH]n1. The Kier molecular flexibility index (Phi) is 3.04. The van der Waals surface area contributed by atoms with Gasteiger partial charge in [0.15, 0.2) is 5.69 Å². The number of rotatable bonds is 3. The Balaban J connectivity index is 2.07. The summed E-state index contributed by atoms with van der Waals surface area (Å²) in [5, 5.41) is 9.76. The number of nitrogens with one attached hydrogen (secondary N) is 1. The van der Waals surface area contributed by atoms with Crippen LogP contribution in [0, 0.1) is 0 Å². The Morgan fingerprint density at radius 2 is 2.35 bits per heavy atom. The van der Waals surface area contributed by atoms with Crippen molar-refractivity contribution in [1.82, 2.24) is 20.3 Å². The summed E-state index contributed by atoms with van der Waals surface area (Å²) < 4.78 is 0. The van der Waals surface area contributed by atoms with Gasteiger partial charge in [-0.05, 0) is 17.7 Å². The number of H-pyrrole nitrogens is 1. The molecule has 0 spiro atoms. The van der Waals surface area contributed by atoms with E-state index in [1.807, 2.05) is 24.3 Å². The van der Waals surface area contributed by atoms with Crippen LogP contribution in [0.5, 0.6) is 0 Å². The quantitative estimate of drug-likeness (QED) is 0.759. The van der Waals surface area contributed by atoms with Crippen LogP contribution in [0.1, 0.15) is 16.1 Å². The van der Waals surface area contributed by atoms with Crippen LogP contribution in [0.25, 0.3) is 0 Å². The van der Waals surface area contributed by atoms with E-state index in [1.165, 1.54) is 6.20 Å². The van der Waals surface area contributed by atoms with Crippen molar-refractivity contribution >= 4 is 11.6 Å². The predicted molar refractivity (Wildman–Crippen MR) is 63.0 cm³/mol. The van der Waals surface area contributed by atoms with E-state index < -0.39 is 0 Å². The van der Waals surface area contributed by atoms with E-state index in [9.17, 15) is 4.79 Å². The van der Waals surface area contributed by atoms with Crippen molar-refractivity contribution in [2.45, 2.75) is 6.54 Å². The Bertz CT molecular complexity index is 508. The number of aromatic nitrogens is 3. The number of nitrogens with two attached hydrogens (primary N) is 1. The monoisotopic (exact) mass is 231 g/mol. The Labute approximate surface area is 98.4 Å². The largest absolute Gasteiger partial charge is 0.399 e. The van der Waals surface area contributed by atoms with Gasteiger partial charge in [-0.3, -0.25) is 4.79 Å². The first-order valence-electron chi connectivity index (χ1n) is 5.12. The summed E-state index contributed by atoms with van der Waals surface area (Å²) >= 11 is 0. The lowest BCUT2D eigenvalue weighted by Crippen LogP contribution is -2.26. The molecule has 0 saturated carbocycles. The highest BCUT2D eigenvalue weighted by Gasteiger charge is 2.14. The molecule has 2 rings (SSSR count). The average Bonchev–Trinajstić information content (AvgIpc) is 2.81. The molecule has 0 unspecified atom stereocenters. The summed E-state index contributed by atoms with van der Waals surface area (Å²) in [4.78, 5) is 13.4. The number of nitrogens with zero attached hydrogens (tertiary/aromatic N) is 3.